The zero-order chi connectivity index (χ0) is 18.2. The highest BCUT2D eigenvalue weighted by molar-refractivity contribution is 6.24. The number of imide groups is 1. The number of ether oxygens (including phenoxy) is 1. The molecule has 0 aliphatic carbocycles. The summed E-state index contributed by atoms with van der Waals surface area (Å²) < 4.78 is 5.10. The third-order valence-corrected chi connectivity index (χ3v) is 3.47. The number of carbonyl (C=O) groups excluding carboxylic acids is 3. The Morgan fingerprint density at radius 3 is 2.40 bits per heavy atom. The Hall–Kier alpha value is -3.21. The van der Waals surface area contributed by atoms with E-state index in [0.717, 1.165) is 12.0 Å². The molecular weight excluding hydrogens is 318 g/mol. The molecule has 0 heterocycles. The lowest BCUT2D eigenvalue weighted by Gasteiger charge is -2.08. The molecule has 0 aliphatic rings. The van der Waals surface area contributed by atoms with Crippen LogP contribution in [-0.4, -0.2) is 17.8 Å². The van der Waals surface area contributed by atoms with Gasteiger partial charge in [-0.3, -0.25) is 14.9 Å². The fourth-order valence-corrected chi connectivity index (χ4v) is 2.16. The van der Waals surface area contributed by atoms with Crippen LogP contribution in [0.2, 0.25) is 0 Å². The second kappa shape index (κ2) is 8.59. The molecule has 0 radical (unpaired) electrons. The van der Waals surface area contributed by atoms with E-state index in [1.165, 1.54) is 13.0 Å². The molecule has 0 bridgehead atoms. The topological polar surface area (TPSA) is 72.5 Å². The normalized spacial score (nSPS) is 10.9. The second-order valence-corrected chi connectivity index (χ2v) is 5.37. The molecule has 0 aromatic heterocycles. The van der Waals surface area contributed by atoms with E-state index in [4.69, 9.17) is 4.74 Å². The maximum atomic E-state index is 12.2. The van der Waals surface area contributed by atoms with Crippen LogP contribution >= 0.6 is 0 Å². The Bertz CT molecular complexity index is 809. The molecule has 0 unspecified atom stereocenters. The van der Waals surface area contributed by atoms with Gasteiger partial charge >= 0.3 is 6.09 Å². The van der Waals surface area contributed by atoms with Gasteiger partial charge in [-0.1, -0.05) is 49.4 Å². The SMILES string of the molecule is CCc1cccc(OC(=O)NC(=O)C(=Cc2ccccc2)C(C)=O)c1. The predicted molar refractivity (Wildman–Crippen MR) is 95.1 cm³/mol. The fourth-order valence-electron chi connectivity index (χ4n) is 2.16. The van der Waals surface area contributed by atoms with E-state index in [1.54, 1.807) is 42.5 Å². The molecule has 2 amide bonds. The summed E-state index contributed by atoms with van der Waals surface area (Å²) in [4.78, 5) is 35.9. The molecule has 25 heavy (non-hydrogen) atoms. The maximum absolute atomic E-state index is 12.2. The quantitative estimate of drug-likeness (QED) is 0.514. The van der Waals surface area contributed by atoms with Crippen molar-refractivity contribution in [2.24, 2.45) is 0 Å². The molecule has 0 atom stereocenters. The van der Waals surface area contributed by atoms with Crippen LogP contribution in [0.25, 0.3) is 6.08 Å². The highest BCUT2D eigenvalue weighted by atomic mass is 16.6. The highest BCUT2D eigenvalue weighted by Crippen LogP contribution is 2.14. The van der Waals surface area contributed by atoms with Crippen molar-refractivity contribution in [2.75, 3.05) is 0 Å². The molecule has 5 heteroatoms. The molecule has 0 aliphatic heterocycles. The van der Waals surface area contributed by atoms with Crippen LogP contribution in [0.1, 0.15) is 25.0 Å². The van der Waals surface area contributed by atoms with Gasteiger partial charge in [0, 0.05) is 0 Å². The number of ketones is 1. The Labute approximate surface area is 146 Å². The van der Waals surface area contributed by atoms with E-state index >= 15 is 0 Å². The van der Waals surface area contributed by atoms with Gasteiger partial charge in [-0.15, -0.1) is 0 Å². The molecule has 2 rings (SSSR count). The van der Waals surface area contributed by atoms with E-state index < -0.39 is 17.8 Å². The monoisotopic (exact) mass is 337 g/mol. The number of nitrogens with one attached hydrogen (secondary N) is 1. The molecule has 2 aromatic rings. The van der Waals surface area contributed by atoms with Gasteiger partial charge in [0.25, 0.3) is 5.91 Å². The van der Waals surface area contributed by atoms with Gasteiger partial charge in [-0.2, -0.15) is 0 Å². The minimum atomic E-state index is -0.932. The fraction of sp³-hybridized carbons (Fsp3) is 0.150. The molecule has 0 saturated heterocycles. The number of amides is 2. The summed E-state index contributed by atoms with van der Waals surface area (Å²) >= 11 is 0. The molecule has 128 valence electrons. The molecule has 0 spiro atoms. The Morgan fingerprint density at radius 2 is 1.76 bits per heavy atom. The van der Waals surface area contributed by atoms with E-state index in [9.17, 15) is 14.4 Å². The van der Waals surface area contributed by atoms with Gasteiger partial charge in [0.2, 0.25) is 0 Å². The maximum Gasteiger partial charge on any atom is 0.419 e. The van der Waals surface area contributed by atoms with Crippen LogP contribution in [0.3, 0.4) is 0 Å². The van der Waals surface area contributed by atoms with Crippen LogP contribution in [0.4, 0.5) is 4.79 Å². The van der Waals surface area contributed by atoms with Crippen molar-refractivity contribution in [3.8, 4) is 5.75 Å². The molecular formula is C20H19NO4. The van der Waals surface area contributed by atoms with Crippen LogP contribution in [0, 0.1) is 0 Å². The summed E-state index contributed by atoms with van der Waals surface area (Å²) in [6.45, 7) is 3.25. The Kier molecular flexibility index (Phi) is 6.23. The first-order chi connectivity index (χ1) is 12.0. The Morgan fingerprint density at radius 1 is 1.04 bits per heavy atom. The lowest BCUT2D eigenvalue weighted by molar-refractivity contribution is -0.121. The minimum absolute atomic E-state index is 0.120. The molecule has 1 N–H and O–H groups in total. The van der Waals surface area contributed by atoms with Crippen molar-refractivity contribution in [2.45, 2.75) is 20.3 Å². The van der Waals surface area contributed by atoms with Crippen LogP contribution in [-0.2, 0) is 16.0 Å². The van der Waals surface area contributed by atoms with E-state index in [1.807, 2.05) is 19.1 Å². The van der Waals surface area contributed by atoms with Gasteiger partial charge in [-0.05, 0) is 42.7 Å². The van der Waals surface area contributed by atoms with Crippen LogP contribution < -0.4 is 10.1 Å². The lowest BCUT2D eigenvalue weighted by atomic mass is 10.1. The summed E-state index contributed by atoms with van der Waals surface area (Å²) in [6.07, 6.45) is 1.30. The molecule has 0 saturated carbocycles. The zero-order valence-corrected chi connectivity index (χ0v) is 14.1. The third-order valence-electron chi connectivity index (χ3n) is 3.47. The van der Waals surface area contributed by atoms with Crippen molar-refractivity contribution in [1.29, 1.82) is 0 Å². The number of hydrogen-bond acceptors (Lipinski definition) is 4. The van der Waals surface area contributed by atoms with Crippen molar-refractivity contribution in [1.82, 2.24) is 5.32 Å². The third kappa shape index (κ3) is 5.42. The second-order valence-electron chi connectivity index (χ2n) is 5.37. The highest BCUT2D eigenvalue weighted by Gasteiger charge is 2.18. The number of aryl methyl sites for hydroxylation is 1. The van der Waals surface area contributed by atoms with Gasteiger partial charge in [0.15, 0.2) is 5.78 Å². The van der Waals surface area contributed by atoms with Crippen LogP contribution in [0.5, 0.6) is 5.75 Å². The predicted octanol–water partition coefficient (Wildman–Crippen LogP) is 3.54. The largest absolute Gasteiger partial charge is 0.419 e. The first-order valence-electron chi connectivity index (χ1n) is 7.89. The first kappa shape index (κ1) is 18.1. The standard InChI is InChI=1S/C20H19NO4/c1-3-15-10-7-11-17(12-15)25-20(24)21-19(23)18(14(2)22)13-16-8-5-4-6-9-16/h4-13H,3H2,1-2H3,(H,21,23,24). The summed E-state index contributed by atoms with van der Waals surface area (Å²) in [7, 11) is 0. The molecule has 5 nitrogen and oxygen atoms in total. The van der Waals surface area contributed by atoms with Crippen molar-refractivity contribution < 1.29 is 19.1 Å². The van der Waals surface area contributed by atoms with Crippen molar-refractivity contribution >= 4 is 23.9 Å². The summed E-state index contributed by atoms with van der Waals surface area (Å²) in [5.74, 6) is -0.906. The zero-order valence-electron chi connectivity index (χ0n) is 14.1. The smallest absolute Gasteiger partial charge is 0.410 e. The number of Topliss-reactive ketones (excluding diaryl/α,β-unsaturated/α-hetero) is 1. The molecule has 2 aromatic carbocycles. The van der Waals surface area contributed by atoms with Crippen LogP contribution in [0.15, 0.2) is 60.2 Å². The first-order valence-corrected chi connectivity index (χ1v) is 7.89. The van der Waals surface area contributed by atoms with Gasteiger partial charge in [0.05, 0.1) is 5.57 Å². The Balaban J connectivity index is 2.08. The summed E-state index contributed by atoms with van der Waals surface area (Å²) in [5, 5.41) is 2.08. The lowest BCUT2D eigenvalue weighted by Crippen LogP contribution is -2.35. The minimum Gasteiger partial charge on any atom is -0.410 e. The van der Waals surface area contributed by atoms with E-state index in [2.05, 4.69) is 5.32 Å². The average molecular weight is 337 g/mol. The van der Waals surface area contributed by atoms with Gasteiger partial charge in [0.1, 0.15) is 5.75 Å². The van der Waals surface area contributed by atoms with Crippen molar-refractivity contribution in [3.05, 3.63) is 71.3 Å². The summed E-state index contributed by atoms with van der Waals surface area (Å²) in [5.41, 5.74) is 1.57. The average Bonchev–Trinajstić information content (AvgIpc) is 2.60. The number of benzene rings is 2. The molecule has 0 fully saturated rings. The van der Waals surface area contributed by atoms with Gasteiger partial charge in [-0.25, -0.2) is 4.79 Å². The van der Waals surface area contributed by atoms with E-state index in [0.29, 0.717) is 11.3 Å². The summed E-state index contributed by atoms with van der Waals surface area (Å²) in [6, 6.07) is 15.9. The van der Waals surface area contributed by atoms with E-state index in [-0.39, 0.29) is 5.57 Å². The number of hydrogen-bond donors (Lipinski definition) is 1. The van der Waals surface area contributed by atoms with Gasteiger partial charge < -0.3 is 4.74 Å². The number of carbonyl (C=O) groups is 3. The van der Waals surface area contributed by atoms with Crippen molar-refractivity contribution in [3.63, 3.8) is 0 Å². The number of rotatable bonds is 5.